The fourth-order valence-electron chi connectivity index (χ4n) is 0.722. The third-order valence-electron chi connectivity index (χ3n) is 1.45. The van der Waals surface area contributed by atoms with Crippen LogP contribution in [-0.4, -0.2) is 62.9 Å². The molecule has 5 nitrogen and oxygen atoms in total. The number of nitrogens with one attached hydrogen (secondary N) is 1. The van der Waals surface area contributed by atoms with Gasteiger partial charge in [0.25, 0.3) is 0 Å². The van der Waals surface area contributed by atoms with Crippen LogP contribution in [0, 0.1) is 0 Å². The lowest BCUT2D eigenvalue weighted by atomic mass is 10.4. The molecule has 0 saturated carbocycles. The van der Waals surface area contributed by atoms with Gasteiger partial charge in [0, 0.05) is 20.2 Å². The van der Waals surface area contributed by atoms with Gasteiger partial charge in [-0.25, -0.2) is 0 Å². The molecule has 0 radical (unpaired) electrons. The lowest BCUT2D eigenvalue weighted by Gasteiger charge is -2.08. The van der Waals surface area contributed by atoms with Gasteiger partial charge in [0.2, 0.25) is 0 Å². The first-order chi connectivity index (χ1) is 6.31. The molecule has 1 atom stereocenters. The smallest absolute Gasteiger partial charge is 0.0894 e. The molecule has 0 rings (SSSR count). The van der Waals surface area contributed by atoms with Gasteiger partial charge in [-0.2, -0.15) is 0 Å². The highest BCUT2D eigenvalue weighted by molar-refractivity contribution is 4.56. The predicted octanol–water partition coefficient (Wildman–Crippen LogP) is -1.41. The van der Waals surface area contributed by atoms with Gasteiger partial charge in [0.15, 0.2) is 0 Å². The summed E-state index contributed by atoms with van der Waals surface area (Å²) in [5.41, 5.74) is 0. The van der Waals surface area contributed by atoms with E-state index in [0.29, 0.717) is 32.9 Å². The molecule has 0 fully saturated rings. The minimum absolute atomic E-state index is 0.211. The number of methoxy groups -OCH3 is 1. The van der Waals surface area contributed by atoms with Gasteiger partial charge in [-0.1, -0.05) is 0 Å². The molecule has 0 spiro atoms. The quantitative estimate of drug-likeness (QED) is 0.393. The van der Waals surface area contributed by atoms with E-state index in [9.17, 15) is 0 Å². The molecule has 1 unspecified atom stereocenters. The largest absolute Gasteiger partial charge is 0.394 e. The van der Waals surface area contributed by atoms with Crippen LogP contribution in [0.15, 0.2) is 0 Å². The normalized spacial score (nSPS) is 13.2. The maximum Gasteiger partial charge on any atom is 0.0894 e. The van der Waals surface area contributed by atoms with Crippen LogP contribution in [0.25, 0.3) is 0 Å². The SMILES string of the molecule is COCCOCCNCC(O)CO. The summed E-state index contributed by atoms with van der Waals surface area (Å²) in [6, 6.07) is 0. The van der Waals surface area contributed by atoms with Gasteiger partial charge in [0.05, 0.1) is 32.5 Å². The Morgan fingerprint density at radius 2 is 2.08 bits per heavy atom. The van der Waals surface area contributed by atoms with Crippen LogP contribution < -0.4 is 5.32 Å². The molecule has 5 heteroatoms. The third kappa shape index (κ3) is 9.72. The van der Waals surface area contributed by atoms with Crippen molar-refractivity contribution in [2.75, 3.05) is 46.6 Å². The van der Waals surface area contributed by atoms with E-state index in [1.54, 1.807) is 7.11 Å². The van der Waals surface area contributed by atoms with Crippen molar-refractivity contribution in [1.29, 1.82) is 0 Å². The fourth-order valence-corrected chi connectivity index (χ4v) is 0.722. The average Bonchev–Trinajstić information content (AvgIpc) is 2.16. The van der Waals surface area contributed by atoms with Crippen LogP contribution in [0.4, 0.5) is 0 Å². The van der Waals surface area contributed by atoms with Crippen molar-refractivity contribution in [3.05, 3.63) is 0 Å². The second kappa shape index (κ2) is 9.88. The summed E-state index contributed by atoms with van der Waals surface area (Å²) in [4.78, 5) is 0. The summed E-state index contributed by atoms with van der Waals surface area (Å²) >= 11 is 0. The van der Waals surface area contributed by atoms with Crippen molar-refractivity contribution in [1.82, 2.24) is 5.32 Å². The van der Waals surface area contributed by atoms with E-state index in [4.69, 9.17) is 19.7 Å². The number of rotatable bonds is 9. The monoisotopic (exact) mass is 193 g/mol. The topological polar surface area (TPSA) is 71.0 Å². The van der Waals surface area contributed by atoms with Gasteiger partial charge in [-0.05, 0) is 0 Å². The standard InChI is InChI=1S/C8H19NO4/c1-12-4-5-13-3-2-9-6-8(11)7-10/h8-11H,2-7H2,1H3. The van der Waals surface area contributed by atoms with Crippen LogP contribution >= 0.6 is 0 Å². The van der Waals surface area contributed by atoms with E-state index in [2.05, 4.69) is 5.32 Å². The van der Waals surface area contributed by atoms with Crippen molar-refractivity contribution in [3.63, 3.8) is 0 Å². The molecule has 0 aliphatic carbocycles. The second-order valence-corrected chi connectivity index (χ2v) is 2.65. The average molecular weight is 193 g/mol. The molecule has 0 bridgehead atoms. The Balaban J connectivity index is 2.91. The van der Waals surface area contributed by atoms with Gasteiger partial charge >= 0.3 is 0 Å². The lowest BCUT2D eigenvalue weighted by Crippen LogP contribution is -2.31. The first-order valence-electron chi connectivity index (χ1n) is 4.37. The van der Waals surface area contributed by atoms with E-state index < -0.39 is 6.10 Å². The molecule has 0 heterocycles. The molecule has 0 aliphatic rings. The Hall–Kier alpha value is -0.200. The minimum Gasteiger partial charge on any atom is -0.394 e. The molecule has 80 valence electrons. The van der Waals surface area contributed by atoms with Crippen LogP contribution in [0.1, 0.15) is 0 Å². The summed E-state index contributed by atoms with van der Waals surface area (Å²) in [6.45, 7) is 2.62. The van der Waals surface area contributed by atoms with Crippen LogP contribution in [-0.2, 0) is 9.47 Å². The molecule has 0 saturated heterocycles. The first-order valence-corrected chi connectivity index (χ1v) is 4.37. The van der Waals surface area contributed by atoms with E-state index >= 15 is 0 Å². The number of ether oxygens (including phenoxy) is 2. The summed E-state index contributed by atoms with van der Waals surface area (Å²) in [6.07, 6.45) is -0.682. The number of hydrogen-bond donors (Lipinski definition) is 3. The molecule has 0 amide bonds. The van der Waals surface area contributed by atoms with E-state index in [0.717, 1.165) is 0 Å². The van der Waals surface area contributed by atoms with E-state index in [1.165, 1.54) is 0 Å². The molecular formula is C8H19NO4. The summed E-state index contributed by atoms with van der Waals surface area (Å²) in [5, 5.41) is 20.3. The van der Waals surface area contributed by atoms with Gasteiger partial charge in [0.1, 0.15) is 0 Å². The summed E-state index contributed by atoms with van der Waals surface area (Å²) < 4.78 is 9.94. The lowest BCUT2D eigenvalue weighted by molar-refractivity contribution is 0.0664. The number of aliphatic hydroxyl groups excluding tert-OH is 2. The fraction of sp³-hybridized carbons (Fsp3) is 1.00. The zero-order chi connectivity index (χ0) is 9.94. The maximum absolute atomic E-state index is 8.93. The Morgan fingerprint density at radius 3 is 2.69 bits per heavy atom. The highest BCUT2D eigenvalue weighted by Crippen LogP contribution is 1.77. The van der Waals surface area contributed by atoms with Crippen molar-refractivity contribution < 1.29 is 19.7 Å². The van der Waals surface area contributed by atoms with Crippen LogP contribution in [0.5, 0.6) is 0 Å². The first kappa shape index (κ1) is 12.8. The second-order valence-electron chi connectivity index (χ2n) is 2.65. The highest BCUT2D eigenvalue weighted by atomic mass is 16.5. The molecule has 0 aromatic heterocycles. The van der Waals surface area contributed by atoms with Crippen LogP contribution in [0.2, 0.25) is 0 Å². The Kier molecular flexibility index (Phi) is 9.73. The highest BCUT2D eigenvalue weighted by Gasteiger charge is 1.99. The van der Waals surface area contributed by atoms with Crippen LogP contribution in [0.3, 0.4) is 0 Å². The molecule has 0 aliphatic heterocycles. The van der Waals surface area contributed by atoms with E-state index in [1.807, 2.05) is 0 Å². The summed E-state index contributed by atoms with van der Waals surface area (Å²) in [7, 11) is 1.62. The molecule has 13 heavy (non-hydrogen) atoms. The van der Waals surface area contributed by atoms with E-state index in [-0.39, 0.29) is 6.61 Å². The zero-order valence-electron chi connectivity index (χ0n) is 8.03. The van der Waals surface area contributed by atoms with Crippen molar-refractivity contribution in [2.45, 2.75) is 6.10 Å². The minimum atomic E-state index is -0.682. The molecule has 0 aromatic carbocycles. The van der Waals surface area contributed by atoms with Crippen molar-refractivity contribution >= 4 is 0 Å². The zero-order valence-corrected chi connectivity index (χ0v) is 8.03. The third-order valence-corrected chi connectivity index (χ3v) is 1.45. The van der Waals surface area contributed by atoms with Gasteiger partial charge < -0.3 is 25.0 Å². The molecule has 0 aromatic rings. The maximum atomic E-state index is 8.93. The van der Waals surface area contributed by atoms with Crippen molar-refractivity contribution in [2.24, 2.45) is 0 Å². The Bertz CT molecular complexity index is 102. The molecule has 3 N–H and O–H groups in total. The van der Waals surface area contributed by atoms with Gasteiger partial charge in [-0.15, -0.1) is 0 Å². The number of aliphatic hydroxyl groups is 2. The molecular weight excluding hydrogens is 174 g/mol. The van der Waals surface area contributed by atoms with Gasteiger partial charge in [-0.3, -0.25) is 0 Å². The van der Waals surface area contributed by atoms with Crippen molar-refractivity contribution in [3.8, 4) is 0 Å². The summed E-state index contributed by atoms with van der Waals surface area (Å²) in [5.74, 6) is 0. The Morgan fingerprint density at radius 1 is 1.31 bits per heavy atom. The number of hydrogen-bond acceptors (Lipinski definition) is 5. The predicted molar refractivity (Wildman–Crippen MR) is 48.7 cm³/mol. The Labute approximate surface area is 78.7 Å².